The summed E-state index contributed by atoms with van der Waals surface area (Å²) in [6, 6.07) is 0.641. The second-order valence-corrected chi connectivity index (χ2v) is 14.6. The Morgan fingerprint density at radius 1 is 0.800 bits per heavy atom. The summed E-state index contributed by atoms with van der Waals surface area (Å²) in [5.41, 5.74) is 5.99. The number of likely N-dealkylation sites (tertiary alicyclic amines) is 1. The monoisotopic (exact) mass is 774 g/mol. The Balaban J connectivity index is 2.11. The van der Waals surface area contributed by atoms with Crippen molar-refractivity contribution in [3.63, 3.8) is 0 Å². The molecule has 0 aliphatic carbocycles. The SMILES string of the molecule is CC[C@H](C)[C@H](NC(=O)CNC(=O)[C@H](CC(C)C)NC(=O)[C@@H]1CCCN1C(=O)CNC(=O)[C@H](Cc1ccc(O)cc1)NC(=O)[C@@H](NC(=O)CN)C(C)C)C(=O)O. The molecular formula is C37H58N8O10. The number of hydrogen-bond donors (Lipinski definition) is 9. The Hall–Kier alpha value is -5.26. The Labute approximate surface area is 321 Å². The van der Waals surface area contributed by atoms with Crippen LogP contribution in [0.5, 0.6) is 5.75 Å². The molecule has 306 valence electrons. The molecule has 1 fully saturated rings. The number of amides is 7. The summed E-state index contributed by atoms with van der Waals surface area (Å²) in [5.74, 6) is -6.39. The van der Waals surface area contributed by atoms with E-state index in [1.807, 2.05) is 13.8 Å². The fourth-order valence-electron chi connectivity index (χ4n) is 6.00. The van der Waals surface area contributed by atoms with Crippen LogP contribution in [-0.4, -0.2) is 119 Å². The maximum atomic E-state index is 13.5. The Kier molecular flexibility index (Phi) is 18.5. The van der Waals surface area contributed by atoms with E-state index in [9.17, 15) is 48.6 Å². The van der Waals surface area contributed by atoms with Gasteiger partial charge in [0.2, 0.25) is 41.4 Å². The normalized spacial score (nSPS) is 16.6. The van der Waals surface area contributed by atoms with E-state index >= 15 is 0 Å². The molecule has 10 N–H and O–H groups in total. The predicted octanol–water partition coefficient (Wildman–Crippen LogP) is -1.11. The number of aliphatic carboxylic acids is 1. The smallest absolute Gasteiger partial charge is 0.326 e. The summed E-state index contributed by atoms with van der Waals surface area (Å²) in [7, 11) is 0. The average molecular weight is 775 g/mol. The van der Waals surface area contributed by atoms with Crippen LogP contribution in [0.25, 0.3) is 0 Å². The summed E-state index contributed by atoms with van der Waals surface area (Å²) in [5, 5.41) is 34.5. The highest BCUT2D eigenvalue weighted by atomic mass is 16.4. The highest BCUT2D eigenvalue weighted by molar-refractivity contribution is 5.96. The standard InChI is InChI=1S/C37H58N8O10/c1-7-22(6)32(37(54)55)44-29(48)18-39-33(50)25(15-20(2)3)41-35(52)27-9-8-14-45(27)30(49)19-40-34(51)26(16-23-10-12-24(46)13-11-23)42-36(53)31(21(4)5)43-28(47)17-38/h10-13,20-22,25-27,31-32,46H,7-9,14-19,38H2,1-6H3,(H,39,50)(H,40,51)(H,41,52)(H,42,53)(H,43,47)(H,44,48)(H,54,55)/t22-,25-,26-,27-,31-,32-/m0/s1. The van der Waals surface area contributed by atoms with Gasteiger partial charge < -0.3 is 52.7 Å². The van der Waals surface area contributed by atoms with Gasteiger partial charge in [0.15, 0.2) is 0 Å². The van der Waals surface area contributed by atoms with E-state index in [0.29, 0.717) is 24.8 Å². The van der Waals surface area contributed by atoms with Crippen LogP contribution in [0.4, 0.5) is 0 Å². The summed E-state index contributed by atoms with van der Waals surface area (Å²) in [4.78, 5) is 104. The van der Waals surface area contributed by atoms with Gasteiger partial charge in [0.1, 0.15) is 36.0 Å². The molecule has 55 heavy (non-hydrogen) atoms. The summed E-state index contributed by atoms with van der Waals surface area (Å²) < 4.78 is 0. The highest BCUT2D eigenvalue weighted by Gasteiger charge is 2.37. The first-order valence-electron chi connectivity index (χ1n) is 18.6. The predicted molar refractivity (Wildman–Crippen MR) is 201 cm³/mol. The molecule has 7 amide bonds. The molecule has 0 aromatic heterocycles. The number of carboxylic acid groups (broad SMARTS) is 1. The van der Waals surface area contributed by atoms with Crippen molar-refractivity contribution < 1.29 is 48.6 Å². The third kappa shape index (κ3) is 14.8. The van der Waals surface area contributed by atoms with Crippen molar-refractivity contribution in [1.29, 1.82) is 0 Å². The molecule has 2 rings (SSSR count). The summed E-state index contributed by atoms with van der Waals surface area (Å²) >= 11 is 0. The molecule has 1 heterocycles. The van der Waals surface area contributed by atoms with Gasteiger partial charge in [-0.15, -0.1) is 0 Å². The van der Waals surface area contributed by atoms with Crippen molar-refractivity contribution in [3.05, 3.63) is 29.8 Å². The van der Waals surface area contributed by atoms with Crippen LogP contribution in [0.1, 0.15) is 72.8 Å². The molecule has 0 bridgehead atoms. The van der Waals surface area contributed by atoms with E-state index in [1.165, 1.54) is 17.0 Å². The lowest BCUT2D eigenvalue weighted by molar-refractivity contribution is -0.143. The Morgan fingerprint density at radius 3 is 1.96 bits per heavy atom. The fourth-order valence-corrected chi connectivity index (χ4v) is 6.00. The molecule has 1 aliphatic heterocycles. The zero-order valence-corrected chi connectivity index (χ0v) is 32.5. The van der Waals surface area contributed by atoms with Gasteiger partial charge in [0, 0.05) is 13.0 Å². The Bertz CT molecular complexity index is 1520. The van der Waals surface area contributed by atoms with Crippen LogP contribution >= 0.6 is 0 Å². The topological polar surface area (TPSA) is 278 Å². The number of phenols is 1. The first-order valence-corrected chi connectivity index (χ1v) is 18.6. The number of phenolic OH excluding ortho intramolecular Hbond substituents is 1. The van der Waals surface area contributed by atoms with Gasteiger partial charge in [-0.25, -0.2) is 4.79 Å². The first-order chi connectivity index (χ1) is 25.9. The van der Waals surface area contributed by atoms with E-state index in [0.717, 1.165) is 0 Å². The average Bonchev–Trinajstić information content (AvgIpc) is 3.64. The number of carbonyl (C=O) groups excluding carboxylic acids is 7. The van der Waals surface area contributed by atoms with Crippen molar-refractivity contribution in [1.82, 2.24) is 36.8 Å². The minimum atomic E-state index is -1.19. The molecule has 0 radical (unpaired) electrons. The molecule has 1 saturated heterocycles. The summed E-state index contributed by atoms with van der Waals surface area (Å²) in [6.45, 7) is 9.42. The van der Waals surface area contributed by atoms with Gasteiger partial charge in [0.05, 0.1) is 19.6 Å². The van der Waals surface area contributed by atoms with Crippen molar-refractivity contribution in [3.8, 4) is 5.75 Å². The number of aromatic hydroxyl groups is 1. The lowest BCUT2D eigenvalue weighted by atomic mass is 9.99. The van der Waals surface area contributed by atoms with Gasteiger partial charge in [0.25, 0.3) is 0 Å². The Morgan fingerprint density at radius 2 is 1.40 bits per heavy atom. The zero-order chi connectivity index (χ0) is 41.4. The van der Waals surface area contributed by atoms with Gasteiger partial charge in [-0.1, -0.05) is 60.1 Å². The van der Waals surface area contributed by atoms with Crippen LogP contribution in [0.3, 0.4) is 0 Å². The van der Waals surface area contributed by atoms with Crippen LogP contribution in [0, 0.1) is 17.8 Å². The van der Waals surface area contributed by atoms with Crippen molar-refractivity contribution >= 4 is 47.3 Å². The van der Waals surface area contributed by atoms with Crippen LogP contribution < -0.4 is 37.6 Å². The van der Waals surface area contributed by atoms with Crippen molar-refractivity contribution in [2.45, 2.75) is 104 Å². The lowest BCUT2D eigenvalue weighted by Crippen LogP contribution is -2.58. The maximum absolute atomic E-state index is 13.5. The van der Waals surface area contributed by atoms with E-state index < -0.39 is 90.6 Å². The van der Waals surface area contributed by atoms with Crippen LogP contribution in [0.2, 0.25) is 0 Å². The molecule has 0 unspecified atom stereocenters. The minimum Gasteiger partial charge on any atom is -0.508 e. The zero-order valence-electron chi connectivity index (χ0n) is 32.5. The first kappa shape index (κ1) is 45.9. The molecule has 0 spiro atoms. The second-order valence-electron chi connectivity index (χ2n) is 14.6. The largest absolute Gasteiger partial charge is 0.508 e. The molecule has 6 atom stereocenters. The summed E-state index contributed by atoms with van der Waals surface area (Å²) in [6.07, 6.45) is 1.47. The molecule has 18 nitrogen and oxygen atoms in total. The van der Waals surface area contributed by atoms with Gasteiger partial charge in [-0.05, 0) is 54.7 Å². The van der Waals surface area contributed by atoms with Crippen LogP contribution in [-0.2, 0) is 44.8 Å². The third-order valence-electron chi connectivity index (χ3n) is 9.31. The van der Waals surface area contributed by atoms with E-state index in [4.69, 9.17) is 5.73 Å². The number of nitrogens with one attached hydrogen (secondary N) is 6. The molecule has 1 aromatic rings. The molecule has 1 aromatic carbocycles. The maximum Gasteiger partial charge on any atom is 0.326 e. The molecule has 18 heteroatoms. The quantitative estimate of drug-likeness (QED) is 0.0722. The van der Waals surface area contributed by atoms with Crippen LogP contribution in [0.15, 0.2) is 24.3 Å². The molecule has 1 aliphatic rings. The molecule has 0 saturated carbocycles. The van der Waals surface area contributed by atoms with Gasteiger partial charge >= 0.3 is 5.97 Å². The van der Waals surface area contributed by atoms with Crippen molar-refractivity contribution in [2.75, 3.05) is 26.2 Å². The number of nitrogens with two attached hydrogens (primary N) is 1. The number of carboxylic acids is 1. The molecular weight excluding hydrogens is 716 g/mol. The third-order valence-corrected chi connectivity index (χ3v) is 9.31. The fraction of sp³-hybridized carbons (Fsp3) is 0.622. The number of rotatable bonds is 21. The van der Waals surface area contributed by atoms with E-state index in [1.54, 1.807) is 39.8 Å². The van der Waals surface area contributed by atoms with E-state index in [-0.39, 0.29) is 49.4 Å². The number of benzene rings is 1. The number of hydrogen-bond acceptors (Lipinski definition) is 10. The minimum absolute atomic E-state index is 0.000294. The number of carbonyl (C=O) groups is 8. The second kappa shape index (κ2) is 22.2. The van der Waals surface area contributed by atoms with E-state index in [2.05, 4.69) is 31.9 Å². The highest BCUT2D eigenvalue weighted by Crippen LogP contribution is 2.19. The number of nitrogens with zero attached hydrogens (tertiary/aromatic N) is 1. The van der Waals surface area contributed by atoms with Gasteiger partial charge in [-0.3, -0.25) is 33.6 Å². The van der Waals surface area contributed by atoms with Gasteiger partial charge in [-0.2, -0.15) is 0 Å². The van der Waals surface area contributed by atoms with Crippen molar-refractivity contribution in [2.24, 2.45) is 23.5 Å². The lowest BCUT2D eigenvalue weighted by Gasteiger charge is -2.28.